The molecule has 0 unspecified atom stereocenters. The van der Waals surface area contributed by atoms with E-state index in [1.165, 1.54) is 37.4 Å². The number of sulfone groups is 1. The summed E-state index contributed by atoms with van der Waals surface area (Å²) < 4.78 is 63.0. The largest absolute Gasteiger partial charge is 0.453 e. The molecule has 2 amide bonds. The first-order valence-corrected chi connectivity index (χ1v) is 21.5. The Bertz CT molecular complexity index is 1960. The highest BCUT2D eigenvalue weighted by atomic mass is 32.2. The van der Waals surface area contributed by atoms with E-state index in [2.05, 4.69) is 26.5 Å². The number of piperidine rings is 1. The van der Waals surface area contributed by atoms with Crippen molar-refractivity contribution in [2.75, 3.05) is 64.4 Å². The summed E-state index contributed by atoms with van der Waals surface area (Å²) in [6, 6.07) is 19.4. The molecular weight excluding hydrogens is 737 g/mol. The van der Waals surface area contributed by atoms with E-state index in [9.17, 15) is 18.0 Å². The minimum Gasteiger partial charge on any atom is -0.453 e. The normalized spacial score (nSPS) is 22.9. The third kappa shape index (κ3) is 8.31. The van der Waals surface area contributed by atoms with Gasteiger partial charge in [0, 0.05) is 41.8 Å². The van der Waals surface area contributed by atoms with Gasteiger partial charge in [0.1, 0.15) is 5.82 Å². The Morgan fingerprint density at radius 1 is 0.893 bits per heavy atom. The van der Waals surface area contributed by atoms with Gasteiger partial charge in [-0.3, -0.25) is 9.69 Å². The van der Waals surface area contributed by atoms with E-state index in [1.807, 2.05) is 18.7 Å². The van der Waals surface area contributed by atoms with Crippen LogP contribution in [0.2, 0.25) is 0 Å². The van der Waals surface area contributed by atoms with Crippen LogP contribution in [0.1, 0.15) is 68.3 Å². The van der Waals surface area contributed by atoms with Gasteiger partial charge in [-0.1, -0.05) is 18.6 Å². The van der Waals surface area contributed by atoms with Crippen LogP contribution in [0.25, 0.3) is 0 Å². The van der Waals surface area contributed by atoms with Crippen molar-refractivity contribution < 1.29 is 31.5 Å². The molecule has 56 heavy (non-hydrogen) atoms. The van der Waals surface area contributed by atoms with E-state index in [0.717, 1.165) is 82.5 Å². The minimum absolute atomic E-state index is 0.0362. The maximum absolute atomic E-state index is 16.3. The number of benzene rings is 3. The highest BCUT2D eigenvalue weighted by Crippen LogP contribution is 2.51. The third-order valence-corrected chi connectivity index (χ3v) is 14.4. The number of methoxy groups -OCH3 is 1. The predicted octanol–water partition coefficient (Wildman–Crippen LogP) is 6.21. The fraction of sp³-hybridized carbons (Fsp3) is 0.535. The summed E-state index contributed by atoms with van der Waals surface area (Å²) in [4.78, 5) is 31.6. The molecule has 1 saturated carbocycles. The average Bonchev–Trinajstić information content (AvgIpc) is 3.62. The quantitative estimate of drug-likeness (QED) is 0.211. The summed E-state index contributed by atoms with van der Waals surface area (Å²) in [7, 11) is -2.42. The third-order valence-electron chi connectivity index (χ3n) is 12.6. The fourth-order valence-corrected chi connectivity index (χ4v) is 11.0. The Hall–Kier alpha value is -4.07. The lowest BCUT2D eigenvalue weighted by atomic mass is 9.57. The van der Waals surface area contributed by atoms with Crippen molar-refractivity contribution in [3.63, 3.8) is 0 Å². The van der Waals surface area contributed by atoms with Gasteiger partial charge in [0.2, 0.25) is 9.84 Å². The van der Waals surface area contributed by atoms with Crippen LogP contribution in [-0.2, 0) is 20.0 Å². The summed E-state index contributed by atoms with van der Waals surface area (Å²) >= 11 is 0. The van der Waals surface area contributed by atoms with Crippen LogP contribution in [-0.4, -0.2) is 107 Å². The van der Waals surface area contributed by atoms with E-state index >= 15 is 8.78 Å². The molecule has 3 aromatic carbocycles. The number of nitrogens with zero attached hydrogens (tertiary/aromatic N) is 3. The highest BCUT2D eigenvalue weighted by Gasteiger charge is 2.54. The molecule has 3 atom stereocenters. The Kier molecular flexibility index (Phi) is 11.8. The zero-order valence-corrected chi connectivity index (χ0v) is 33.5. The van der Waals surface area contributed by atoms with E-state index in [-0.39, 0.29) is 63.9 Å². The molecule has 3 heterocycles. The van der Waals surface area contributed by atoms with Gasteiger partial charge in [-0.05, 0) is 150 Å². The molecule has 0 radical (unpaired) electrons. The van der Waals surface area contributed by atoms with Crippen LogP contribution in [0.4, 0.5) is 19.3 Å². The van der Waals surface area contributed by atoms with Crippen molar-refractivity contribution >= 4 is 27.5 Å². The van der Waals surface area contributed by atoms with Crippen LogP contribution < -0.4 is 15.5 Å². The number of rotatable bonds is 13. The molecule has 0 spiro atoms. The molecule has 0 aromatic heterocycles. The van der Waals surface area contributed by atoms with Crippen LogP contribution in [0.3, 0.4) is 0 Å². The highest BCUT2D eigenvalue weighted by molar-refractivity contribution is 7.91. The Morgan fingerprint density at radius 3 is 2.14 bits per heavy atom. The van der Waals surface area contributed by atoms with Crippen molar-refractivity contribution in [2.45, 2.75) is 85.3 Å². The van der Waals surface area contributed by atoms with Gasteiger partial charge in [-0.25, -0.2) is 22.0 Å². The fourth-order valence-electron chi connectivity index (χ4n) is 9.77. The van der Waals surface area contributed by atoms with Crippen molar-refractivity contribution in [2.24, 2.45) is 11.8 Å². The van der Waals surface area contributed by atoms with E-state index in [0.29, 0.717) is 12.1 Å². The van der Waals surface area contributed by atoms with Gasteiger partial charge >= 0.3 is 6.09 Å². The molecule has 4 fully saturated rings. The molecule has 3 aromatic rings. The van der Waals surface area contributed by atoms with Gasteiger partial charge in [-0.2, -0.15) is 0 Å². The van der Waals surface area contributed by atoms with Gasteiger partial charge in [0.25, 0.3) is 5.91 Å². The molecule has 13 heteroatoms. The number of anilines is 1. The summed E-state index contributed by atoms with van der Waals surface area (Å²) in [5.41, 5.74) is 0.348. The van der Waals surface area contributed by atoms with Crippen LogP contribution in [0.5, 0.6) is 0 Å². The van der Waals surface area contributed by atoms with Gasteiger partial charge in [0.05, 0.1) is 30.0 Å². The van der Waals surface area contributed by atoms with Crippen molar-refractivity contribution in [3.8, 4) is 0 Å². The van der Waals surface area contributed by atoms with E-state index in [1.54, 1.807) is 36.4 Å². The van der Waals surface area contributed by atoms with Gasteiger partial charge in [-0.15, -0.1) is 0 Å². The van der Waals surface area contributed by atoms with Gasteiger partial charge < -0.3 is 25.2 Å². The number of nitrogens with one attached hydrogen (secondary N) is 2. The lowest BCUT2D eigenvalue weighted by Crippen LogP contribution is -2.65. The predicted molar refractivity (Wildman–Crippen MR) is 212 cm³/mol. The van der Waals surface area contributed by atoms with Crippen molar-refractivity contribution in [1.82, 2.24) is 20.4 Å². The molecule has 7 rings (SSSR count). The number of hydrogen-bond acceptors (Lipinski definition) is 8. The average molecular weight is 792 g/mol. The Morgan fingerprint density at radius 2 is 1.55 bits per heavy atom. The standard InChI is InChI=1S/C43H55F2N5O5S/c1-30(2)46-40(51)31-11-15-36(16-12-31)56(53,54)37-17-13-35(14-18-37)50-27-42(45,28-50)26-49-23-19-32(20-24-49)43(29-48-21-6-22-48,33-7-4-8-34(44)25-33)38-9-5-10-39(38)47-41(52)55-3/h4,7-8,11-18,25,30,32,38-39H,5-6,9-10,19-24,26-29H2,1-3H3,(H,46,51)(H,47,52)/t38-,39-,43-/m0/s1. The summed E-state index contributed by atoms with van der Waals surface area (Å²) in [6.45, 7) is 8.71. The van der Waals surface area contributed by atoms with Crippen molar-refractivity contribution in [1.29, 1.82) is 0 Å². The molecule has 2 N–H and O–H groups in total. The zero-order valence-electron chi connectivity index (χ0n) is 32.7. The van der Waals surface area contributed by atoms with Crippen LogP contribution in [0.15, 0.2) is 82.6 Å². The topological polar surface area (TPSA) is 111 Å². The SMILES string of the molecule is COC(=O)N[C@H]1CCC[C@@H]1[C@](CN1CCC1)(c1cccc(F)c1)C1CCN(CC2(F)CN(c3ccc(S(=O)(=O)c4ccc(C(=O)NC(C)C)cc4)cc3)C2)CC1. The number of carbonyl (C=O) groups is 2. The number of likely N-dealkylation sites (tertiary alicyclic amines) is 2. The second kappa shape index (κ2) is 16.4. The van der Waals surface area contributed by atoms with E-state index in [4.69, 9.17) is 4.74 Å². The lowest BCUT2D eigenvalue weighted by molar-refractivity contribution is 0.00584. The summed E-state index contributed by atoms with van der Waals surface area (Å²) in [6.07, 6.45) is 5.14. The first-order chi connectivity index (χ1) is 26.8. The molecule has 302 valence electrons. The van der Waals surface area contributed by atoms with Gasteiger partial charge in [0.15, 0.2) is 5.67 Å². The number of alkyl carbamates (subject to hydrolysis) is 1. The van der Waals surface area contributed by atoms with Crippen molar-refractivity contribution in [3.05, 3.63) is 89.7 Å². The van der Waals surface area contributed by atoms with E-state index < -0.39 is 21.6 Å². The number of halogens is 2. The number of ether oxygens (including phenoxy) is 1. The zero-order chi connectivity index (χ0) is 39.7. The number of amides is 2. The Balaban J connectivity index is 0.997. The second-order valence-corrected chi connectivity index (χ2v) is 18.6. The number of carbonyl (C=O) groups excluding carboxylic acids is 2. The summed E-state index contributed by atoms with van der Waals surface area (Å²) in [5.74, 6) is -0.192. The first-order valence-electron chi connectivity index (χ1n) is 20.0. The summed E-state index contributed by atoms with van der Waals surface area (Å²) in [5, 5.41) is 5.93. The number of hydrogen-bond donors (Lipinski definition) is 2. The lowest BCUT2D eigenvalue weighted by Gasteiger charge is -2.54. The monoisotopic (exact) mass is 791 g/mol. The second-order valence-electron chi connectivity index (χ2n) is 16.7. The molecule has 3 aliphatic heterocycles. The molecule has 3 saturated heterocycles. The number of alkyl halides is 1. The minimum atomic E-state index is -3.81. The van der Waals surface area contributed by atoms with Crippen LogP contribution >= 0.6 is 0 Å². The molecular formula is C43H55F2N5O5S. The Labute approximate surface area is 329 Å². The maximum atomic E-state index is 16.3. The molecule has 4 aliphatic rings. The molecule has 0 bridgehead atoms. The maximum Gasteiger partial charge on any atom is 0.407 e. The molecule has 10 nitrogen and oxygen atoms in total. The van der Waals surface area contributed by atoms with Crippen LogP contribution in [0, 0.1) is 17.7 Å². The smallest absolute Gasteiger partial charge is 0.407 e. The first kappa shape index (κ1) is 40.1. The molecule has 1 aliphatic carbocycles.